The van der Waals surface area contributed by atoms with E-state index in [0.717, 1.165) is 5.56 Å². The predicted molar refractivity (Wildman–Crippen MR) is 85.1 cm³/mol. The lowest BCUT2D eigenvalue weighted by atomic mass is 9.87. The Morgan fingerprint density at radius 3 is 2.35 bits per heavy atom. The smallest absolute Gasteiger partial charge is 0.126 e. The van der Waals surface area contributed by atoms with Crippen LogP contribution in [0.3, 0.4) is 0 Å². The van der Waals surface area contributed by atoms with Gasteiger partial charge in [0.25, 0.3) is 0 Å². The van der Waals surface area contributed by atoms with Crippen molar-refractivity contribution in [2.45, 2.75) is 26.2 Å². The Kier molecular flexibility index (Phi) is 5.46. The van der Waals surface area contributed by atoms with Crippen LogP contribution in [0.5, 0.6) is 0 Å². The zero-order valence-electron chi connectivity index (χ0n) is 12.1. The van der Waals surface area contributed by atoms with Crippen LogP contribution < -0.4 is 5.73 Å². The minimum absolute atomic E-state index is 0.131. The van der Waals surface area contributed by atoms with Gasteiger partial charge in [0.05, 0.1) is 0 Å². The molecule has 0 aliphatic rings. The van der Waals surface area contributed by atoms with Gasteiger partial charge in [0.1, 0.15) is 12.4 Å². The third kappa shape index (κ3) is 4.93. The summed E-state index contributed by atoms with van der Waals surface area (Å²) in [7, 11) is 0. The highest BCUT2D eigenvalue weighted by molar-refractivity contribution is 5.97. The van der Waals surface area contributed by atoms with E-state index >= 15 is 0 Å². The van der Waals surface area contributed by atoms with Crippen molar-refractivity contribution in [3.63, 3.8) is 0 Å². The number of hydrogen-bond donors (Lipinski definition) is 1. The van der Waals surface area contributed by atoms with Crippen LogP contribution >= 0.6 is 0 Å². The molecule has 1 aromatic rings. The second-order valence-electron chi connectivity index (χ2n) is 5.22. The highest BCUT2D eigenvalue weighted by Gasteiger charge is 2.13. The topological polar surface area (TPSA) is 38.4 Å². The van der Waals surface area contributed by atoms with Gasteiger partial charge in [0, 0.05) is 5.56 Å². The first kappa shape index (κ1) is 15.4. The number of nitrogens with zero attached hydrogens (tertiary/aromatic N) is 1. The van der Waals surface area contributed by atoms with E-state index in [-0.39, 0.29) is 5.41 Å². The van der Waals surface area contributed by atoms with Gasteiger partial charge in [-0.3, -0.25) is 4.99 Å². The summed E-state index contributed by atoms with van der Waals surface area (Å²) in [6, 6.07) is 8.10. The Morgan fingerprint density at radius 1 is 1.15 bits per heavy atom. The normalized spacial score (nSPS) is 10.6. The molecule has 0 aliphatic heterocycles. The van der Waals surface area contributed by atoms with Crippen molar-refractivity contribution in [2.75, 3.05) is 6.54 Å². The maximum Gasteiger partial charge on any atom is 0.126 e. The second-order valence-corrected chi connectivity index (χ2v) is 5.22. The summed E-state index contributed by atoms with van der Waals surface area (Å²) < 4.78 is 0. The van der Waals surface area contributed by atoms with Gasteiger partial charge in [-0.05, 0) is 34.7 Å². The van der Waals surface area contributed by atoms with Gasteiger partial charge in [-0.1, -0.05) is 51.0 Å². The summed E-state index contributed by atoms with van der Waals surface area (Å²) in [6.45, 7) is 6.83. The van der Waals surface area contributed by atoms with Crippen molar-refractivity contribution in [3.8, 4) is 36.0 Å². The number of aliphatic imine (C=N–C) groups is 1. The van der Waals surface area contributed by atoms with Crippen molar-refractivity contribution >= 4 is 5.84 Å². The quantitative estimate of drug-likeness (QED) is 0.496. The first-order valence-corrected chi connectivity index (χ1v) is 6.29. The monoisotopic (exact) mass is 262 g/mol. The first-order chi connectivity index (χ1) is 9.45. The molecule has 0 saturated carbocycles. The Labute approximate surface area is 121 Å². The molecule has 2 N–H and O–H groups in total. The van der Waals surface area contributed by atoms with Gasteiger partial charge in [-0.15, -0.1) is 6.42 Å². The van der Waals surface area contributed by atoms with Crippen LogP contribution in [0.15, 0.2) is 29.3 Å². The average Bonchev–Trinajstić information content (AvgIpc) is 2.41. The number of amidine groups is 1. The molecule has 0 bridgehead atoms. The van der Waals surface area contributed by atoms with E-state index in [1.807, 2.05) is 12.1 Å². The molecule has 0 atom stereocenters. The third-order valence-electron chi connectivity index (χ3n) is 2.66. The number of nitrogens with two attached hydrogens (primary N) is 1. The summed E-state index contributed by atoms with van der Waals surface area (Å²) >= 11 is 0. The van der Waals surface area contributed by atoms with Crippen LogP contribution in [0, 0.1) is 36.0 Å². The number of terminal acetylenes is 1. The van der Waals surface area contributed by atoms with Crippen LogP contribution in [0.1, 0.15) is 31.9 Å². The Bertz CT molecular complexity index is 642. The Hall–Kier alpha value is -2.63. The summed E-state index contributed by atoms with van der Waals surface area (Å²) in [6.07, 6.45) is 4.97. The molecule has 0 heterocycles. The first-order valence-electron chi connectivity index (χ1n) is 6.29. The van der Waals surface area contributed by atoms with Gasteiger partial charge in [0.15, 0.2) is 0 Å². The molecule has 100 valence electrons. The van der Waals surface area contributed by atoms with E-state index < -0.39 is 0 Å². The van der Waals surface area contributed by atoms with E-state index in [1.165, 1.54) is 5.56 Å². The summed E-state index contributed by atoms with van der Waals surface area (Å²) in [5, 5.41) is 0. The average molecular weight is 262 g/mol. The lowest BCUT2D eigenvalue weighted by Crippen LogP contribution is -2.15. The van der Waals surface area contributed by atoms with Gasteiger partial charge >= 0.3 is 0 Å². The fraction of sp³-hybridized carbons (Fsp3) is 0.278. The molecule has 1 aromatic carbocycles. The molecule has 0 aliphatic carbocycles. The van der Waals surface area contributed by atoms with E-state index in [2.05, 4.69) is 67.5 Å². The molecular formula is C18H18N2. The van der Waals surface area contributed by atoms with Crippen LogP contribution in [0.25, 0.3) is 0 Å². The minimum atomic E-state index is 0.131. The van der Waals surface area contributed by atoms with E-state index in [1.54, 1.807) is 0 Å². The second kappa shape index (κ2) is 7.08. The van der Waals surface area contributed by atoms with Crippen LogP contribution in [0.4, 0.5) is 0 Å². The largest absolute Gasteiger partial charge is 0.383 e. The van der Waals surface area contributed by atoms with Crippen molar-refractivity contribution < 1.29 is 0 Å². The molecule has 2 nitrogen and oxygen atoms in total. The van der Waals surface area contributed by atoms with Crippen LogP contribution in [-0.2, 0) is 5.41 Å². The number of hydrogen-bond acceptors (Lipinski definition) is 1. The van der Waals surface area contributed by atoms with Crippen LogP contribution in [-0.4, -0.2) is 12.4 Å². The predicted octanol–water partition coefficient (Wildman–Crippen LogP) is 2.33. The lowest BCUT2D eigenvalue weighted by Gasteiger charge is -2.19. The number of benzene rings is 1. The molecule has 1 rings (SSSR count). The fourth-order valence-electron chi connectivity index (χ4n) is 1.51. The lowest BCUT2D eigenvalue weighted by molar-refractivity contribution is 0.590. The van der Waals surface area contributed by atoms with Crippen molar-refractivity contribution in [1.29, 1.82) is 0 Å². The number of rotatable bonds is 2. The molecule has 0 aromatic heterocycles. The van der Waals surface area contributed by atoms with Gasteiger partial charge < -0.3 is 5.73 Å². The molecular weight excluding hydrogens is 244 g/mol. The molecule has 0 unspecified atom stereocenters. The molecule has 0 radical (unpaired) electrons. The summed E-state index contributed by atoms with van der Waals surface area (Å²) in [5.41, 5.74) is 8.20. The molecule has 0 saturated heterocycles. The molecule has 0 fully saturated rings. The maximum absolute atomic E-state index is 5.91. The summed E-state index contributed by atoms with van der Waals surface area (Å²) in [4.78, 5) is 4.19. The SMILES string of the molecule is C#CC#CC#CCN=C(N)c1ccc(C(C)(C)C)cc1. The fourth-order valence-corrected chi connectivity index (χ4v) is 1.51. The van der Waals surface area contributed by atoms with Crippen molar-refractivity contribution in [3.05, 3.63) is 35.4 Å². The summed E-state index contributed by atoms with van der Waals surface area (Å²) in [5.74, 6) is 13.0. The third-order valence-corrected chi connectivity index (χ3v) is 2.66. The van der Waals surface area contributed by atoms with E-state index in [9.17, 15) is 0 Å². The van der Waals surface area contributed by atoms with E-state index in [4.69, 9.17) is 12.2 Å². The van der Waals surface area contributed by atoms with Crippen LogP contribution in [0.2, 0.25) is 0 Å². The van der Waals surface area contributed by atoms with Gasteiger partial charge in [-0.25, -0.2) is 0 Å². The molecule has 0 amide bonds. The van der Waals surface area contributed by atoms with E-state index in [0.29, 0.717) is 12.4 Å². The Balaban J connectivity index is 2.75. The molecule has 20 heavy (non-hydrogen) atoms. The van der Waals surface area contributed by atoms with Crippen molar-refractivity contribution in [1.82, 2.24) is 0 Å². The standard InChI is InChI=1S/C18H18N2/c1-5-6-7-8-9-14-20-17(19)15-10-12-16(13-11-15)18(2,3)4/h1,10-13H,14H2,2-4H3,(H2,19,20). The zero-order valence-corrected chi connectivity index (χ0v) is 12.1. The zero-order chi connectivity index (χ0) is 15.0. The molecule has 0 spiro atoms. The van der Waals surface area contributed by atoms with Gasteiger partial charge in [-0.2, -0.15) is 0 Å². The minimum Gasteiger partial charge on any atom is -0.383 e. The van der Waals surface area contributed by atoms with Gasteiger partial charge in [0.2, 0.25) is 0 Å². The highest BCUT2D eigenvalue weighted by atomic mass is 14.8. The van der Waals surface area contributed by atoms with Crippen molar-refractivity contribution in [2.24, 2.45) is 10.7 Å². The highest BCUT2D eigenvalue weighted by Crippen LogP contribution is 2.22. The molecule has 2 heteroatoms. The maximum atomic E-state index is 5.91. The Morgan fingerprint density at radius 2 is 1.80 bits per heavy atom.